The number of fused-ring (bicyclic) bond motifs is 1. The second-order valence-corrected chi connectivity index (χ2v) is 6.91. The number of aliphatic hydroxyl groups is 1. The van der Waals surface area contributed by atoms with Crippen LogP contribution in [0.1, 0.15) is 34.7 Å². The van der Waals surface area contributed by atoms with Crippen LogP contribution < -0.4 is 0 Å². The molecule has 0 radical (unpaired) electrons. The molecule has 0 saturated carbocycles. The Hall–Kier alpha value is -2.67. The van der Waals surface area contributed by atoms with Gasteiger partial charge in [0.1, 0.15) is 17.0 Å². The number of aryl methyl sites for hydroxylation is 1. The maximum atomic E-state index is 12.9. The number of nitrogens with zero attached hydrogens (tertiary/aromatic N) is 4. The van der Waals surface area contributed by atoms with Gasteiger partial charge in [-0.15, -0.1) is 5.10 Å². The van der Waals surface area contributed by atoms with E-state index in [1.54, 1.807) is 10.9 Å². The number of aliphatic hydroxyl groups excluding tert-OH is 1. The first-order valence-corrected chi connectivity index (χ1v) is 8.92. The highest BCUT2D eigenvalue weighted by molar-refractivity contribution is 6.05. The molecule has 3 heterocycles. The first kappa shape index (κ1) is 16.8. The lowest BCUT2D eigenvalue weighted by Gasteiger charge is -2.32. The number of piperidine rings is 1. The van der Waals surface area contributed by atoms with E-state index in [1.165, 1.54) is 0 Å². The Morgan fingerprint density at radius 1 is 1.35 bits per heavy atom. The van der Waals surface area contributed by atoms with Crippen molar-refractivity contribution in [3.05, 3.63) is 47.5 Å². The number of carbonyl (C=O) groups excluding carboxylic acids is 1. The molecule has 0 spiro atoms. The first-order chi connectivity index (χ1) is 12.6. The van der Waals surface area contributed by atoms with E-state index in [1.807, 2.05) is 36.1 Å². The Labute approximate surface area is 151 Å². The van der Waals surface area contributed by atoms with Gasteiger partial charge in [-0.1, -0.05) is 17.3 Å². The topological polar surface area (TPSA) is 84.4 Å². The van der Waals surface area contributed by atoms with Crippen LogP contribution in [0.5, 0.6) is 0 Å². The fourth-order valence-electron chi connectivity index (χ4n) is 3.61. The van der Waals surface area contributed by atoms with Crippen molar-refractivity contribution in [2.45, 2.75) is 32.9 Å². The van der Waals surface area contributed by atoms with Gasteiger partial charge in [-0.2, -0.15) is 0 Å². The zero-order chi connectivity index (χ0) is 18.1. The number of furan rings is 1. The Balaban J connectivity index is 1.41. The van der Waals surface area contributed by atoms with Gasteiger partial charge in [0, 0.05) is 25.0 Å². The van der Waals surface area contributed by atoms with Crippen LogP contribution in [-0.4, -0.2) is 44.0 Å². The highest BCUT2D eigenvalue weighted by atomic mass is 16.3. The fraction of sp³-hybridized carbons (Fsp3) is 0.421. The van der Waals surface area contributed by atoms with E-state index in [0.717, 1.165) is 43.6 Å². The van der Waals surface area contributed by atoms with Crippen LogP contribution in [0.25, 0.3) is 11.0 Å². The largest absolute Gasteiger partial charge is 0.461 e. The minimum absolute atomic E-state index is 0.0340. The van der Waals surface area contributed by atoms with Crippen molar-refractivity contribution in [3.63, 3.8) is 0 Å². The van der Waals surface area contributed by atoms with E-state index >= 15 is 0 Å². The zero-order valence-corrected chi connectivity index (χ0v) is 14.8. The number of rotatable bonds is 4. The molecular formula is C19H22N4O3. The lowest BCUT2D eigenvalue weighted by Crippen LogP contribution is -2.39. The molecule has 1 aromatic carbocycles. The third kappa shape index (κ3) is 3.22. The molecular weight excluding hydrogens is 332 g/mol. The predicted octanol–water partition coefficient (Wildman–Crippen LogP) is 2.38. The molecule has 1 N–H and O–H groups in total. The number of likely N-dealkylation sites (tertiary alicyclic amines) is 1. The summed E-state index contributed by atoms with van der Waals surface area (Å²) in [6.07, 6.45) is 3.62. The van der Waals surface area contributed by atoms with E-state index in [2.05, 4.69) is 10.3 Å². The van der Waals surface area contributed by atoms with Gasteiger partial charge in [-0.3, -0.25) is 9.48 Å². The molecule has 1 aliphatic heterocycles. The fourth-order valence-corrected chi connectivity index (χ4v) is 3.61. The van der Waals surface area contributed by atoms with Gasteiger partial charge in [0.15, 0.2) is 0 Å². The number of amides is 1. The van der Waals surface area contributed by atoms with Crippen LogP contribution >= 0.6 is 0 Å². The van der Waals surface area contributed by atoms with Gasteiger partial charge in [0.05, 0.1) is 18.4 Å². The zero-order valence-electron chi connectivity index (χ0n) is 14.8. The van der Waals surface area contributed by atoms with E-state index in [-0.39, 0.29) is 12.5 Å². The molecule has 7 nitrogen and oxygen atoms in total. The molecule has 26 heavy (non-hydrogen) atoms. The normalized spacial score (nSPS) is 15.7. The van der Waals surface area contributed by atoms with Crippen LogP contribution in [0.15, 0.2) is 34.9 Å². The summed E-state index contributed by atoms with van der Waals surface area (Å²) in [5.41, 5.74) is 1.90. The van der Waals surface area contributed by atoms with Crippen LogP contribution in [0, 0.1) is 12.8 Å². The van der Waals surface area contributed by atoms with Crippen molar-refractivity contribution in [2.75, 3.05) is 13.1 Å². The van der Waals surface area contributed by atoms with Crippen LogP contribution in [0.2, 0.25) is 0 Å². The Morgan fingerprint density at radius 2 is 2.15 bits per heavy atom. The summed E-state index contributed by atoms with van der Waals surface area (Å²) in [6.45, 7) is 4.01. The number of hydrogen-bond acceptors (Lipinski definition) is 5. The minimum Gasteiger partial charge on any atom is -0.461 e. The Kier molecular flexibility index (Phi) is 4.46. The quantitative estimate of drug-likeness (QED) is 0.778. The van der Waals surface area contributed by atoms with Crippen molar-refractivity contribution in [1.82, 2.24) is 19.9 Å². The van der Waals surface area contributed by atoms with Crippen molar-refractivity contribution in [2.24, 2.45) is 5.92 Å². The maximum absolute atomic E-state index is 12.9. The third-order valence-corrected chi connectivity index (χ3v) is 4.99. The van der Waals surface area contributed by atoms with E-state index < -0.39 is 0 Å². The van der Waals surface area contributed by atoms with Crippen molar-refractivity contribution in [3.8, 4) is 0 Å². The third-order valence-electron chi connectivity index (χ3n) is 4.99. The molecule has 7 heteroatoms. The Bertz CT molecular complexity index is 922. The van der Waals surface area contributed by atoms with Gasteiger partial charge in [-0.25, -0.2) is 0 Å². The standard InChI is InChI=1S/C19H22N4O3/c1-13-9-15-3-2-4-17(18(15)26-13)19(25)22-7-5-14(6-8-22)10-23-11-16(12-24)20-21-23/h2-4,9,11,14,24H,5-8,10,12H2,1H3. The number of carbonyl (C=O) groups is 1. The molecule has 136 valence electrons. The summed E-state index contributed by atoms with van der Waals surface area (Å²) >= 11 is 0. The SMILES string of the molecule is Cc1cc2cccc(C(=O)N3CCC(Cn4cc(CO)nn4)CC3)c2o1. The molecule has 1 amide bonds. The van der Waals surface area contributed by atoms with Crippen LogP contribution in [0.3, 0.4) is 0 Å². The number of aromatic nitrogens is 3. The second-order valence-electron chi connectivity index (χ2n) is 6.91. The van der Waals surface area contributed by atoms with E-state index in [0.29, 0.717) is 22.8 Å². The van der Waals surface area contributed by atoms with Gasteiger partial charge >= 0.3 is 0 Å². The Morgan fingerprint density at radius 3 is 2.88 bits per heavy atom. The summed E-state index contributed by atoms with van der Waals surface area (Å²) in [5.74, 6) is 1.30. The average Bonchev–Trinajstić information content (AvgIpc) is 3.26. The summed E-state index contributed by atoms with van der Waals surface area (Å²) in [4.78, 5) is 14.8. The maximum Gasteiger partial charge on any atom is 0.257 e. The summed E-state index contributed by atoms with van der Waals surface area (Å²) in [6, 6.07) is 7.66. The smallest absolute Gasteiger partial charge is 0.257 e. The summed E-state index contributed by atoms with van der Waals surface area (Å²) in [7, 11) is 0. The summed E-state index contributed by atoms with van der Waals surface area (Å²) in [5, 5.41) is 18.0. The van der Waals surface area contributed by atoms with Crippen molar-refractivity contribution < 1.29 is 14.3 Å². The highest BCUT2D eigenvalue weighted by Gasteiger charge is 2.26. The molecule has 1 aliphatic rings. The number of para-hydroxylation sites is 1. The molecule has 1 fully saturated rings. The van der Waals surface area contributed by atoms with Gasteiger partial charge < -0.3 is 14.4 Å². The average molecular weight is 354 g/mol. The minimum atomic E-state index is -0.0925. The monoisotopic (exact) mass is 354 g/mol. The highest BCUT2D eigenvalue weighted by Crippen LogP contribution is 2.26. The lowest BCUT2D eigenvalue weighted by atomic mass is 9.96. The van der Waals surface area contributed by atoms with E-state index in [4.69, 9.17) is 9.52 Å². The summed E-state index contributed by atoms with van der Waals surface area (Å²) < 4.78 is 7.52. The molecule has 0 unspecified atom stereocenters. The lowest BCUT2D eigenvalue weighted by molar-refractivity contribution is 0.0682. The first-order valence-electron chi connectivity index (χ1n) is 8.92. The van der Waals surface area contributed by atoms with Gasteiger partial charge in [0.2, 0.25) is 0 Å². The van der Waals surface area contributed by atoms with Crippen molar-refractivity contribution >= 4 is 16.9 Å². The molecule has 4 rings (SSSR count). The molecule has 1 saturated heterocycles. The number of benzene rings is 1. The van der Waals surface area contributed by atoms with Crippen LogP contribution in [-0.2, 0) is 13.2 Å². The molecule has 3 aromatic rings. The molecule has 2 aromatic heterocycles. The predicted molar refractivity (Wildman–Crippen MR) is 95.5 cm³/mol. The van der Waals surface area contributed by atoms with Gasteiger partial charge in [0.25, 0.3) is 5.91 Å². The van der Waals surface area contributed by atoms with Crippen molar-refractivity contribution in [1.29, 1.82) is 0 Å². The number of hydrogen-bond donors (Lipinski definition) is 1. The van der Waals surface area contributed by atoms with Gasteiger partial charge in [-0.05, 0) is 37.8 Å². The molecule has 0 bridgehead atoms. The van der Waals surface area contributed by atoms with Crippen LogP contribution in [0.4, 0.5) is 0 Å². The van der Waals surface area contributed by atoms with E-state index in [9.17, 15) is 4.79 Å². The molecule has 0 atom stereocenters. The molecule has 0 aliphatic carbocycles. The second kappa shape index (κ2) is 6.92.